The Labute approximate surface area is 125 Å². The highest BCUT2D eigenvalue weighted by molar-refractivity contribution is 5.78. The molecule has 0 saturated carbocycles. The van der Waals surface area contributed by atoms with Gasteiger partial charge in [0.05, 0.1) is 31.9 Å². The monoisotopic (exact) mass is 292 g/mol. The standard InChI is InChI=1S/C16H24N2O3/c1-12-5-3-4-6-15(12)13(2)17-16(20)10-18-7-8-21-14(9-18)11-19/h3-6,13-14,19H,7-11H2,1-2H3,(H,17,20). The molecule has 1 heterocycles. The number of hydrogen-bond acceptors (Lipinski definition) is 4. The lowest BCUT2D eigenvalue weighted by Gasteiger charge is -2.31. The lowest BCUT2D eigenvalue weighted by atomic mass is 10.0. The van der Waals surface area contributed by atoms with Crippen LogP contribution in [0, 0.1) is 6.92 Å². The largest absolute Gasteiger partial charge is 0.394 e. The van der Waals surface area contributed by atoms with Gasteiger partial charge >= 0.3 is 0 Å². The maximum atomic E-state index is 12.1. The Bertz CT molecular complexity index is 478. The predicted molar refractivity (Wildman–Crippen MR) is 81.0 cm³/mol. The van der Waals surface area contributed by atoms with Gasteiger partial charge in [0, 0.05) is 13.1 Å². The average Bonchev–Trinajstić information content (AvgIpc) is 2.47. The van der Waals surface area contributed by atoms with E-state index in [2.05, 4.69) is 5.32 Å². The molecule has 1 aliphatic heterocycles. The van der Waals surface area contributed by atoms with Gasteiger partial charge in [-0.15, -0.1) is 0 Å². The predicted octanol–water partition coefficient (Wildman–Crippen LogP) is 0.865. The summed E-state index contributed by atoms with van der Waals surface area (Å²) in [7, 11) is 0. The normalized spacial score (nSPS) is 21.0. The van der Waals surface area contributed by atoms with Gasteiger partial charge in [-0.05, 0) is 25.0 Å². The van der Waals surface area contributed by atoms with E-state index < -0.39 is 0 Å². The Hall–Kier alpha value is -1.43. The topological polar surface area (TPSA) is 61.8 Å². The number of ether oxygens (including phenoxy) is 1. The van der Waals surface area contributed by atoms with Crippen LogP contribution in [0.5, 0.6) is 0 Å². The van der Waals surface area contributed by atoms with Crippen LogP contribution < -0.4 is 5.32 Å². The summed E-state index contributed by atoms with van der Waals surface area (Å²) < 4.78 is 5.38. The molecule has 1 aliphatic rings. The molecule has 1 aromatic carbocycles. The highest BCUT2D eigenvalue weighted by atomic mass is 16.5. The van der Waals surface area contributed by atoms with Crippen LogP contribution in [0.3, 0.4) is 0 Å². The zero-order chi connectivity index (χ0) is 15.2. The van der Waals surface area contributed by atoms with E-state index in [0.717, 1.165) is 12.1 Å². The van der Waals surface area contributed by atoms with Gasteiger partial charge in [0.2, 0.25) is 5.91 Å². The molecule has 5 heteroatoms. The molecule has 1 amide bonds. The molecule has 0 spiro atoms. The van der Waals surface area contributed by atoms with Crippen LogP contribution >= 0.6 is 0 Å². The third-order valence-electron chi connectivity index (χ3n) is 3.83. The number of amides is 1. The Morgan fingerprint density at radius 3 is 3.00 bits per heavy atom. The number of carbonyl (C=O) groups excluding carboxylic acids is 1. The molecule has 0 aromatic heterocycles. The summed E-state index contributed by atoms with van der Waals surface area (Å²) >= 11 is 0. The zero-order valence-corrected chi connectivity index (χ0v) is 12.7. The fourth-order valence-electron chi connectivity index (χ4n) is 2.68. The van der Waals surface area contributed by atoms with E-state index >= 15 is 0 Å². The number of rotatable bonds is 5. The molecule has 2 rings (SSSR count). The van der Waals surface area contributed by atoms with Crippen molar-refractivity contribution in [1.82, 2.24) is 10.2 Å². The van der Waals surface area contributed by atoms with Gasteiger partial charge in [0.15, 0.2) is 0 Å². The highest BCUT2D eigenvalue weighted by Gasteiger charge is 2.22. The van der Waals surface area contributed by atoms with Gasteiger partial charge in [-0.2, -0.15) is 0 Å². The van der Waals surface area contributed by atoms with Gasteiger partial charge in [-0.3, -0.25) is 9.69 Å². The van der Waals surface area contributed by atoms with Crippen molar-refractivity contribution in [3.8, 4) is 0 Å². The minimum absolute atomic E-state index is 0.00225. The second kappa shape index (κ2) is 7.54. The number of nitrogens with zero attached hydrogens (tertiary/aromatic N) is 1. The smallest absolute Gasteiger partial charge is 0.234 e. The van der Waals surface area contributed by atoms with Crippen LogP contribution in [0.25, 0.3) is 0 Å². The van der Waals surface area contributed by atoms with Crippen LogP contribution in [-0.2, 0) is 9.53 Å². The number of hydrogen-bond donors (Lipinski definition) is 2. The number of nitrogens with one attached hydrogen (secondary N) is 1. The number of morpholine rings is 1. The van der Waals surface area contributed by atoms with Crippen molar-refractivity contribution in [2.24, 2.45) is 0 Å². The zero-order valence-electron chi connectivity index (χ0n) is 12.7. The number of carbonyl (C=O) groups is 1. The lowest BCUT2D eigenvalue weighted by Crippen LogP contribution is -2.48. The molecular weight excluding hydrogens is 268 g/mol. The molecule has 1 aromatic rings. The molecule has 2 N–H and O–H groups in total. The molecular formula is C16H24N2O3. The summed E-state index contributed by atoms with van der Waals surface area (Å²) in [6, 6.07) is 8.06. The van der Waals surface area contributed by atoms with Gasteiger partial charge in [0.1, 0.15) is 0 Å². The van der Waals surface area contributed by atoms with Crippen LogP contribution in [0.1, 0.15) is 24.1 Å². The van der Waals surface area contributed by atoms with Gasteiger partial charge < -0.3 is 15.2 Å². The summed E-state index contributed by atoms with van der Waals surface area (Å²) in [5.74, 6) is 0.00402. The van der Waals surface area contributed by atoms with Crippen LogP contribution in [0.15, 0.2) is 24.3 Å². The minimum Gasteiger partial charge on any atom is -0.394 e. The van der Waals surface area contributed by atoms with E-state index in [9.17, 15) is 4.79 Å². The first-order valence-corrected chi connectivity index (χ1v) is 7.40. The van der Waals surface area contributed by atoms with Crippen molar-refractivity contribution >= 4 is 5.91 Å². The molecule has 21 heavy (non-hydrogen) atoms. The molecule has 1 fully saturated rings. The molecule has 1 saturated heterocycles. The van der Waals surface area contributed by atoms with Crippen molar-refractivity contribution in [3.05, 3.63) is 35.4 Å². The lowest BCUT2D eigenvalue weighted by molar-refractivity contribution is -0.125. The van der Waals surface area contributed by atoms with Crippen LogP contribution in [0.2, 0.25) is 0 Å². The molecule has 2 atom stereocenters. The van der Waals surface area contributed by atoms with E-state index in [1.807, 2.05) is 43.0 Å². The summed E-state index contributed by atoms with van der Waals surface area (Å²) in [4.78, 5) is 14.2. The molecule has 116 valence electrons. The van der Waals surface area contributed by atoms with Gasteiger partial charge in [0.25, 0.3) is 0 Å². The quantitative estimate of drug-likeness (QED) is 0.845. The SMILES string of the molecule is Cc1ccccc1C(C)NC(=O)CN1CCOC(CO)C1. The Morgan fingerprint density at radius 2 is 2.29 bits per heavy atom. The Balaban J connectivity index is 1.85. The maximum Gasteiger partial charge on any atom is 0.234 e. The molecule has 0 aliphatic carbocycles. The molecule has 0 radical (unpaired) electrons. The first-order chi connectivity index (χ1) is 10.1. The van der Waals surface area contributed by atoms with Crippen molar-refractivity contribution in [2.45, 2.75) is 26.0 Å². The first kappa shape index (κ1) is 15.9. The number of aryl methyl sites for hydroxylation is 1. The fraction of sp³-hybridized carbons (Fsp3) is 0.562. The Morgan fingerprint density at radius 1 is 1.52 bits per heavy atom. The van der Waals surface area contributed by atoms with Crippen LogP contribution in [0.4, 0.5) is 0 Å². The fourth-order valence-corrected chi connectivity index (χ4v) is 2.68. The number of aliphatic hydroxyl groups is 1. The molecule has 0 bridgehead atoms. The minimum atomic E-state index is -0.180. The van der Waals surface area contributed by atoms with E-state index in [-0.39, 0.29) is 24.7 Å². The molecule has 5 nitrogen and oxygen atoms in total. The second-order valence-electron chi connectivity index (χ2n) is 5.56. The number of aliphatic hydroxyl groups excluding tert-OH is 1. The van der Waals surface area contributed by atoms with Crippen molar-refractivity contribution in [1.29, 1.82) is 0 Å². The van der Waals surface area contributed by atoms with Gasteiger partial charge in [-0.1, -0.05) is 24.3 Å². The van der Waals surface area contributed by atoms with E-state index in [1.54, 1.807) is 0 Å². The van der Waals surface area contributed by atoms with E-state index in [1.165, 1.54) is 5.56 Å². The highest BCUT2D eigenvalue weighted by Crippen LogP contribution is 2.16. The maximum absolute atomic E-state index is 12.1. The summed E-state index contributed by atoms with van der Waals surface area (Å²) in [5.41, 5.74) is 2.32. The number of benzene rings is 1. The van der Waals surface area contributed by atoms with Crippen molar-refractivity contribution < 1.29 is 14.6 Å². The van der Waals surface area contributed by atoms with Crippen LogP contribution in [-0.4, -0.2) is 54.9 Å². The van der Waals surface area contributed by atoms with Crippen molar-refractivity contribution in [2.75, 3.05) is 32.8 Å². The first-order valence-electron chi connectivity index (χ1n) is 7.40. The Kier molecular flexibility index (Phi) is 5.73. The third kappa shape index (κ3) is 4.52. The average molecular weight is 292 g/mol. The molecule has 2 unspecified atom stereocenters. The van der Waals surface area contributed by atoms with Crippen molar-refractivity contribution in [3.63, 3.8) is 0 Å². The summed E-state index contributed by atoms with van der Waals surface area (Å²) in [5, 5.41) is 12.1. The van der Waals surface area contributed by atoms with E-state index in [4.69, 9.17) is 9.84 Å². The van der Waals surface area contributed by atoms with E-state index in [0.29, 0.717) is 19.7 Å². The second-order valence-corrected chi connectivity index (χ2v) is 5.56. The summed E-state index contributed by atoms with van der Waals surface area (Å²) in [6.07, 6.45) is -0.180. The van der Waals surface area contributed by atoms with Gasteiger partial charge in [-0.25, -0.2) is 0 Å². The third-order valence-corrected chi connectivity index (χ3v) is 3.83. The summed E-state index contributed by atoms with van der Waals surface area (Å²) in [6.45, 7) is 6.27.